The minimum Gasteiger partial charge on any atom is -0.377 e. The van der Waals surface area contributed by atoms with E-state index in [1.54, 1.807) is 6.08 Å². The third-order valence-corrected chi connectivity index (χ3v) is 3.90. The predicted molar refractivity (Wildman–Crippen MR) is 95.6 cm³/mol. The number of hydrogen-bond donors (Lipinski definition) is 1. The SMILES string of the molecule is CC(=O)Nc1ccc(/C=C\C(=O)N2CCOC[C@H]2CC(C)C)cc1. The molecule has 1 atom stereocenters. The van der Waals surface area contributed by atoms with Crippen molar-refractivity contribution in [3.8, 4) is 0 Å². The fourth-order valence-corrected chi connectivity index (χ4v) is 2.83. The molecule has 1 fully saturated rings. The van der Waals surface area contributed by atoms with E-state index in [1.807, 2.05) is 35.2 Å². The molecular weight excluding hydrogens is 304 g/mol. The maximum absolute atomic E-state index is 12.5. The van der Waals surface area contributed by atoms with Crippen molar-refractivity contribution in [3.05, 3.63) is 35.9 Å². The Kier molecular flexibility index (Phi) is 6.55. The predicted octanol–water partition coefficient (Wildman–Crippen LogP) is 2.93. The summed E-state index contributed by atoms with van der Waals surface area (Å²) >= 11 is 0. The lowest BCUT2D eigenvalue weighted by atomic mass is 10.0. The van der Waals surface area contributed by atoms with Crippen molar-refractivity contribution < 1.29 is 14.3 Å². The van der Waals surface area contributed by atoms with Gasteiger partial charge in [-0.3, -0.25) is 9.59 Å². The van der Waals surface area contributed by atoms with Gasteiger partial charge in [-0.1, -0.05) is 26.0 Å². The molecule has 5 nitrogen and oxygen atoms in total. The summed E-state index contributed by atoms with van der Waals surface area (Å²) in [6.07, 6.45) is 4.37. The van der Waals surface area contributed by atoms with Gasteiger partial charge in [-0.05, 0) is 36.1 Å². The van der Waals surface area contributed by atoms with Crippen LogP contribution >= 0.6 is 0 Å². The Morgan fingerprint density at radius 1 is 1.33 bits per heavy atom. The number of benzene rings is 1. The minimum absolute atomic E-state index is 0.0230. The largest absolute Gasteiger partial charge is 0.377 e. The van der Waals surface area contributed by atoms with Gasteiger partial charge in [-0.25, -0.2) is 0 Å². The summed E-state index contributed by atoms with van der Waals surface area (Å²) in [5.41, 5.74) is 1.67. The Labute approximate surface area is 143 Å². The van der Waals surface area contributed by atoms with Gasteiger partial charge in [-0.15, -0.1) is 0 Å². The van der Waals surface area contributed by atoms with Gasteiger partial charge >= 0.3 is 0 Å². The number of anilines is 1. The molecule has 130 valence electrons. The van der Waals surface area contributed by atoms with Gasteiger partial charge in [0.05, 0.1) is 19.3 Å². The Hall–Kier alpha value is -2.14. The van der Waals surface area contributed by atoms with E-state index in [-0.39, 0.29) is 17.9 Å². The van der Waals surface area contributed by atoms with Crippen molar-refractivity contribution in [2.75, 3.05) is 25.1 Å². The van der Waals surface area contributed by atoms with E-state index in [1.165, 1.54) is 6.92 Å². The summed E-state index contributed by atoms with van der Waals surface area (Å²) in [7, 11) is 0. The van der Waals surface area contributed by atoms with Crippen LogP contribution in [0.4, 0.5) is 5.69 Å². The molecule has 0 aliphatic carbocycles. The van der Waals surface area contributed by atoms with E-state index >= 15 is 0 Å². The highest BCUT2D eigenvalue weighted by Crippen LogP contribution is 2.17. The Bertz CT molecular complexity index is 593. The van der Waals surface area contributed by atoms with Gasteiger partial charge in [0, 0.05) is 25.2 Å². The van der Waals surface area contributed by atoms with Crippen LogP contribution < -0.4 is 5.32 Å². The Morgan fingerprint density at radius 2 is 2.04 bits per heavy atom. The Morgan fingerprint density at radius 3 is 2.67 bits per heavy atom. The van der Waals surface area contributed by atoms with Crippen LogP contribution in [0.25, 0.3) is 6.08 Å². The van der Waals surface area contributed by atoms with Gasteiger partial charge in [0.2, 0.25) is 11.8 Å². The lowest BCUT2D eigenvalue weighted by Crippen LogP contribution is -2.48. The van der Waals surface area contributed by atoms with Crippen LogP contribution in [0, 0.1) is 5.92 Å². The number of hydrogen-bond acceptors (Lipinski definition) is 3. The van der Waals surface area contributed by atoms with Gasteiger partial charge in [0.25, 0.3) is 0 Å². The maximum atomic E-state index is 12.5. The number of amides is 2. The molecule has 1 aromatic carbocycles. The molecule has 0 spiro atoms. The lowest BCUT2D eigenvalue weighted by Gasteiger charge is -2.36. The van der Waals surface area contributed by atoms with Crippen LogP contribution in [0.3, 0.4) is 0 Å². The summed E-state index contributed by atoms with van der Waals surface area (Å²) in [4.78, 5) is 25.4. The van der Waals surface area contributed by atoms with E-state index in [2.05, 4.69) is 19.2 Å². The highest BCUT2D eigenvalue weighted by atomic mass is 16.5. The average molecular weight is 330 g/mol. The highest BCUT2D eigenvalue weighted by Gasteiger charge is 2.26. The zero-order valence-corrected chi connectivity index (χ0v) is 14.6. The molecule has 2 rings (SSSR count). The number of carbonyl (C=O) groups excluding carboxylic acids is 2. The summed E-state index contributed by atoms with van der Waals surface area (Å²) in [6, 6.07) is 7.54. The molecule has 1 aliphatic heterocycles. The fraction of sp³-hybridized carbons (Fsp3) is 0.474. The average Bonchev–Trinajstić information content (AvgIpc) is 2.53. The molecule has 0 aromatic heterocycles. The fourth-order valence-electron chi connectivity index (χ4n) is 2.83. The standard InChI is InChI=1S/C19H26N2O3/c1-14(2)12-18-13-24-11-10-21(18)19(23)9-6-16-4-7-17(8-5-16)20-15(3)22/h4-9,14,18H,10-13H2,1-3H3,(H,20,22)/b9-6-/t18-/m1/s1. The molecule has 24 heavy (non-hydrogen) atoms. The van der Waals surface area contributed by atoms with Crippen molar-refractivity contribution in [1.82, 2.24) is 4.90 Å². The number of nitrogens with zero attached hydrogens (tertiary/aromatic N) is 1. The zero-order valence-electron chi connectivity index (χ0n) is 14.6. The van der Waals surface area contributed by atoms with Crippen molar-refractivity contribution in [2.24, 2.45) is 5.92 Å². The van der Waals surface area contributed by atoms with E-state index < -0.39 is 0 Å². The first-order valence-electron chi connectivity index (χ1n) is 8.40. The first kappa shape index (κ1) is 18.2. The summed E-state index contributed by atoms with van der Waals surface area (Å²) < 4.78 is 5.52. The topological polar surface area (TPSA) is 58.6 Å². The van der Waals surface area contributed by atoms with E-state index in [0.29, 0.717) is 25.7 Å². The number of nitrogens with one attached hydrogen (secondary N) is 1. The second-order valence-electron chi connectivity index (χ2n) is 6.53. The number of carbonyl (C=O) groups is 2. The summed E-state index contributed by atoms with van der Waals surface area (Å²) in [5.74, 6) is 0.448. The molecule has 5 heteroatoms. The van der Waals surface area contributed by atoms with Crippen LogP contribution in [-0.2, 0) is 14.3 Å². The van der Waals surface area contributed by atoms with E-state index in [4.69, 9.17) is 4.74 Å². The van der Waals surface area contributed by atoms with Crippen LogP contribution in [0.1, 0.15) is 32.8 Å². The number of ether oxygens (including phenoxy) is 1. The summed E-state index contributed by atoms with van der Waals surface area (Å²) in [5, 5.41) is 2.72. The zero-order chi connectivity index (χ0) is 17.5. The quantitative estimate of drug-likeness (QED) is 0.845. The molecule has 1 aromatic rings. The van der Waals surface area contributed by atoms with Crippen molar-refractivity contribution in [3.63, 3.8) is 0 Å². The Balaban J connectivity index is 1.99. The highest BCUT2D eigenvalue weighted by molar-refractivity contribution is 5.92. The molecule has 1 aliphatic rings. The van der Waals surface area contributed by atoms with E-state index in [9.17, 15) is 9.59 Å². The molecule has 1 heterocycles. The van der Waals surface area contributed by atoms with Crippen molar-refractivity contribution in [2.45, 2.75) is 33.2 Å². The van der Waals surface area contributed by atoms with Gasteiger partial charge in [0.15, 0.2) is 0 Å². The van der Waals surface area contributed by atoms with E-state index in [0.717, 1.165) is 17.7 Å². The third-order valence-electron chi connectivity index (χ3n) is 3.90. The number of morpholine rings is 1. The normalized spacial score (nSPS) is 18.2. The molecule has 0 bridgehead atoms. The van der Waals surface area contributed by atoms with Crippen LogP contribution in [0.2, 0.25) is 0 Å². The van der Waals surface area contributed by atoms with Crippen molar-refractivity contribution >= 4 is 23.6 Å². The first-order chi connectivity index (χ1) is 11.5. The minimum atomic E-state index is -0.100. The molecule has 0 saturated carbocycles. The molecule has 0 radical (unpaired) electrons. The third kappa shape index (κ3) is 5.49. The van der Waals surface area contributed by atoms with Crippen LogP contribution in [0.5, 0.6) is 0 Å². The van der Waals surface area contributed by atoms with Crippen molar-refractivity contribution in [1.29, 1.82) is 0 Å². The smallest absolute Gasteiger partial charge is 0.246 e. The lowest BCUT2D eigenvalue weighted by molar-refractivity contribution is -0.135. The first-order valence-corrected chi connectivity index (χ1v) is 8.40. The maximum Gasteiger partial charge on any atom is 0.246 e. The summed E-state index contributed by atoms with van der Waals surface area (Å²) in [6.45, 7) is 7.64. The second-order valence-corrected chi connectivity index (χ2v) is 6.53. The van der Waals surface area contributed by atoms with Crippen LogP contribution in [-0.4, -0.2) is 42.5 Å². The number of rotatable bonds is 5. The second kappa shape index (κ2) is 8.64. The van der Waals surface area contributed by atoms with Gasteiger partial charge in [-0.2, -0.15) is 0 Å². The monoisotopic (exact) mass is 330 g/mol. The van der Waals surface area contributed by atoms with Crippen LogP contribution in [0.15, 0.2) is 30.3 Å². The van der Waals surface area contributed by atoms with Gasteiger partial charge < -0.3 is 15.0 Å². The van der Waals surface area contributed by atoms with Gasteiger partial charge in [0.1, 0.15) is 0 Å². The molecular formula is C19H26N2O3. The molecule has 1 N–H and O–H groups in total. The molecule has 0 unspecified atom stereocenters. The molecule has 2 amide bonds. The molecule has 1 saturated heterocycles.